The van der Waals surface area contributed by atoms with E-state index in [2.05, 4.69) is 0 Å². The third kappa shape index (κ3) is 5.56. The minimum Gasteiger partial charge on any atom is -0.507 e. The molecule has 0 fully saturated rings. The van der Waals surface area contributed by atoms with Gasteiger partial charge in [0.05, 0.1) is 23.8 Å². The molecule has 0 aromatic heterocycles. The first-order valence-electron chi connectivity index (χ1n) is 10.7. The molecule has 8 heteroatoms. The van der Waals surface area contributed by atoms with E-state index in [4.69, 9.17) is 4.74 Å². The van der Waals surface area contributed by atoms with Crippen molar-refractivity contribution in [3.63, 3.8) is 0 Å². The number of aromatic hydroxyl groups is 5. The van der Waals surface area contributed by atoms with Crippen molar-refractivity contribution in [1.82, 2.24) is 0 Å². The lowest BCUT2D eigenvalue weighted by molar-refractivity contribution is 0.102. The van der Waals surface area contributed by atoms with E-state index in [0.717, 1.165) is 5.56 Å². The van der Waals surface area contributed by atoms with E-state index in [1.165, 1.54) is 49.6 Å². The lowest BCUT2D eigenvalue weighted by Gasteiger charge is -2.07. The molecular formula is C28H24O8. The highest BCUT2D eigenvalue weighted by Crippen LogP contribution is 2.34. The Kier molecular flexibility index (Phi) is 7.81. The fourth-order valence-corrected chi connectivity index (χ4v) is 3.27. The van der Waals surface area contributed by atoms with Gasteiger partial charge in [0.2, 0.25) is 5.78 Å². The molecule has 0 aliphatic heterocycles. The highest BCUT2D eigenvalue weighted by molar-refractivity contribution is 6.13. The van der Waals surface area contributed by atoms with Crippen LogP contribution in [0.5, 0.6) is 34.5 Å². The van der Waals surface area contributed by atoms with Crippen LogP contribution in [0.25, 0.3) is 0 Å². The van der Waals surface area contributed by atoms with Gasteiger partial charge in [-0.2, -0.15) is 0 Å². The SMILES string of the molecule is COc1ccc(C(=O)c2ccc(C)cc2)c(O)c1.O=C(c1cccc(O)c1O)c1cccc(O)c1O. The summed E-state index contributed by atoms with van der Waals surface area (Å²) in [7, 11) is 1.51. The van der Waals surface area contributed by atoms with Crippen molar-refractivity contribution >= 4 is 11.6 Å². The van der Waals surface area contributed by atoms with Crippen LogP contribution < -0.4 is 4.74 Å². The van der Waals surface area contributed by atoms with E-state index in [1.807, 2.05) is 19.1 Å². The number of phenols is 5. The summed E-state index contributed by atoms with van der Waals surface area (Å²) in [5.74, 6) is -2.43. The van der Waals surface area contributed by atoms with Crippen molar-refractivity contribution < 1.29 is 39.9 Å². The molecule has 4 aromatic carbocycles. The summed E-state index contributed by atoms with van der Waals surface area (Å²) in [5, 5.41) is 47.6. The molecular weight excluding hydrogens is 464 g/mol. The molecule has 0 aliphatic carbocycles. The molecule has 36 heavy (non-hydrogen) atoms. The Bertz CT molecular complexity index is 1350. The van der Waals surface area contributed by atoms with Gasteiger partial charge in [0.15, 0.2) is 28.8 Å². The van der Waals surface area contributed by atoms with Crippen LogP contribution in [0, 0.1) is 6.92 Å². The maximum Gasteiger partial charge on any atom is 0.200 e. The minimum atomic E-state index is -0.697. The van der Waals surface area contributed by atoms with Gasteiger partial charge < -0.3 is 30.3 Å². The Morgan fingerprint density at radius 2 is 1.14 bits per heavy atom. The number of para-hydroxylation sites is 2. The molecule has 0 atom stereocenters. The number of hydrogen-bond acceptors (Lipinski definition) is 8. The number of ketones is 2. The van der Waals surface area contributed by atoms with Crippen LogP contribution in [0.4, 0.5) is 0 Å². The fraction of sp³-hybridized carbons (Fsp3) is 0.0714. The lowest BCUT2D eigenvalue weighted by Crippen LogP contribution is -2.02. The van der Waals surface area contributed by atoms with E-state index in [-0.39, 0.29) is 28.2 Å². The molecule has 0 amide bonds. The number of carbonyl (C=O) groups excluding carboxylic acids is 2. The zero-order valence-corrected chi connectivity index (χ0v) is 19.5. The Hall–Kier alpha value is -4.98. The molecule has 4 rings (SSSR count). The summed E-state index contributed by atoms with van der Waals surface area (Å²) in [5.41, 5.74) is 1.61. The molecule has 0 aliphatic rings. The van der Waals surface area contributed by atoms with Crippen molar-refractivity contribution in [2.75, 3.05) is 7.11 Å². The highest BCUT2D eigenvalue weighted by atomic mass is 16.5. The highest BCUT2D eigenvalue weighted by Gasteiger charge is 2.20. The van der Waals surface area contributed by atoms with Crippen LogP contribution >= 0.6 is 0 Å². The van der Waals surface area contributed by atoms with Crippen LogP contribution in [0.3, 0.4) is 0 Å². The summed E-state index contributed by atoms with van der Waals surface area (Å²) in [6.45, 7) is 1.96. The average molecular weight is 488 g/mol. The molecule has 0 radical (unpaired) electrons. The molecule has 0 spiro atoms. The van der Waals surface area contributed by atoms with Gasteiger partial charge in [-0.1, -0.05) is 42.0 Å². The van der Waals surface area contributed by atoms with Crippen molar-refractivity contribution in [2.24, 2.45) is 0 Å². The number of phenolic OH excluding ortho intramolecular Hbond substituents is 5. The zero-order chi connectivity index (χ0) is 26.4. The molecule has 0 bridgehead atoms. The van der Waals surface area contributed by atoms with Crippen LogP contribution in [0.2, 0.25) is 0 Å². The summed E-state index contributed by atoms with van der Waals surface area (Å²) in [6.07, 6.45) is 0. The lowest BCUT2D eigenvalue weighted by atomic mass is 10.0. The fourth-order valence-electron chi connectivity index (χ4n) is 3.27. The Morgan fingerprint density at radius 1 is 0.611 bits per heavy atom. The molecule has 0 saturated carbocycles. The topological polar surface area (TPSA) is 145 Å². The Morgan fingerprint density at radius 3 is 1.61 bits per heavy atom. The number of aryl methyl sites for hydroxylation is 1. The third-order valence-corrected chi connectivity index (χ3v) is 5.28. The largest absolute Gasteiger partial charge is 0.507 e. The second-order valence-electron chi connectivity index (χ2n) is 7.75. The first-order chi connectivity index (χ1) is 17.1. The van der Waals surface area contributed by atoms with Gasteiger partial charge in [0, 0.05) is 11.6 Å². The van der Waals surface area contributed by atoms with Crippen LogP contribution in [-0.4, -0.2) is 44.2 Å². The zero-order valence-electron chi connectivity index (χ0n) is 19.5. The molecule has 0 saturated heterocycles. The smallest absolute Gasteiger partial charge is 0.200 e. The van der Waals surface area contributed by atoms with Gasteiger partial charge in [-0.25, -0.2) is 0 Å². The van der Waals surface area contributed by atoms with Crippen LogP contribution in [0.1, 0.15) is 37.4 Å². The van der Waals surface area contributed by atoms with Gasteiger partial charge in [0.25, 0.3) is 0 Å². The molecule has 0 unspecified atom stereocenters. The van der Waals surface area contributed by atoms with E-state index < -0.39 is 28.8 Å². The predicted molar refractivity (Wildman–Crippen MR) is 132 cm³/mol. The minimum absolute atomic E-state index is 0.0695. The van der Waals surface area contributed by atoms with Gasteiger partial charge in [0.1, 0.15) is 11.5 Å². The predicted octanol–water partition coefficient (Wildman–Crippen LogP) is 4.68. The van der Waals surface area contributed by atoms with E-state index in [0.29, 0.717) is 11.3 Å². The standard InChI is InChI=1S/C15H14O3.C13H10O5/c1-10-3-5-11(6-4-10)15(17)13-8-7-12(18-2)9-14(13)16;14-9-5-1-3-7(12(9)17)11(16)8-4-2-6-10(15)13(8)18/h3-9,16H,1-2H3;1-6,14-15,17-18H. The summed E-state index contributed by atoms with van der Waals surface area (Å²) < 4.78 is 4.98. The van der Waals surface area contributed by atoms with E-state index in [1.54, 1.807) is 24.3 Å². The van der Waals surface area contributed by atoms with Gasteiger partial charge >= 0.3 is 0 Å². The Labute approximate surface area is 206 Å². The van der Waals surface area contributed by atoms with Gasteiger partial charge in [-0.05, 0) is 43.3 Å². The van der Waals surface area contributed by atoms with Crippen LogP contribution in [0.15, 0.2) is 78.9 Å². The van der Waals surface area contributed by atoms with E-state index in [9.17, 15) is 35.1 Å². The summed E-state index contributed by atoms with van der Waals surface area (Å²) in [6, 6.07) is 19.7. The number of rotatable bonds is 5. The first-order valence-corrected chi connectivity index (χ1v) is 10.7. The number of hydrogen-bond donors (Lipinski definition) is 5. The number of benzene rings is 4. The number of ether oxygens (including phenoxy) is 1. The Balaban J connectivity index is 0.000000201. The average Bonchev–Trinajstić information content (AvgIpc) is 2.87. The normalized spacial score (nSPS) is 10.2. The summed E-state index contributed by atoms with van der Waals surface area (Å²) >= 11 is 0. The second-order valence-corrected chi connectivity index (χ2v) is 7.75. The summed E-state index contributed by atoms with van der Waals surface area (Å²) in [4.78, 5) is 24.2. The van der Waals surface area contributed by atoms with Crippen molar-refractivity contribution in [3.8, 4) is 34.5 Å². The molecule has 8 nitrogen and oxygen atoms in total. The number of methoxy groups -OCH3 is 1. The quantitative estimate of drug-likeness (QED) is 0.201. The van der Waals surface area contributed by atoms with Gasteiger partial charge in [-0.15, -0.1) is 0 Å². The maximum absolute atomic E-state index is 12.2. The maximum atomic E-state index is 12.2. The molecule has 0 heterocycles. The first kappa shape index (κ1) is 25.6. The van der Waals surface area contributed by atoms with Crippen molar-refractivity contribution in [2.45, 2.75) is 6.92 Å². The van der Waals surface area contributed by atoms with Crippen LogP contribution in [-0.2, 0) is 0 Å². The van der Waals surface area contributed by atoms with E-state index >= 15 is 0 Å². The number of carbonyl (C=O) groups is 2. The third-order valence-electron chi connectivity index (χ3n) is 5.28. The van der Waals surface area contributed by atoms with Gasteiger partial charge in [-0.3, -0.25) is 9.59 Å². The molecule has 5 N–H and O–H groups in total. The van der Waals surface area contributed by atoms with Crippen molar-refractivity contribution in [1.29, 1.82) is 0 Å². The second kappa shape index (κ2) is 11.0. The monoisotopic (exact) mass is 488 g/mol. The molecule has 4 aromatic rings. The molecule has 184 valence electrons. The van der Waals surface area contributed by atoms with Crippen molar-refractivity contribution in [3.05, 3.63) is 107 Å².